The molecular formula is C15H16ClN3S. The van der Waals surface area contributed by atoms with Crippen molar-refractivity contribution < 1.29 is 0 Å². The Bertz CT molecular complexity index is 560. The maximum Gasteiger partial charge on any atom is 0.170 e. The van der Waals surface area contributed by atoms with Gasteiger partial charge in [0.15, 0.2) is 10.3 Å². The summed E-state index contributed by atoms with van der Waals surface area (Å²) in [5, 5.41) is 7.18. The number of nitrogens with one attached hydrogen (secondary N) is 2. The second-order valence-corrected chi connectivity index (χ2v) is 5.08. The largest absolute Gasteiger partial charge is 0.362 e. The van der Waals surface area contributed by atoms with Crippen molar-refractivity contribution >= 4 is 34.6 Å². The highest BCUT2D eigenvalue weighted by atomic mass is 35.5. The normalized spacial score (nSPS) is 10.1. The predicted molar refractivity (Wildman–Crippen MR) is 88.2 cm³/mol. The molecule has 0 fully saturated rings. The third kappa shape index (κ3) is 4.79. The molecule has 0 aliphatic rings. The maximum atomic E-state index is 5.95. The first-order chi connectivity index (χ1) is 9.75. The Hall–Kier alpha value is -1.65. The van der Waals surface area contributed by atoms with Crippen molar-refractivity contribution in [1.29, 1.82) is 0 Å². The third-order valence-corrected chi connectivity index (χ3v) is 3.33. The number of halogens is 1. The number of thiocarbonyl (C=S) groups is 1. The van der Waals surface area contributed by atoms with E-state index >= 15 is 0 Å². The second kappa shape index (κ2) is 7.82. The van der Waals surface area contributed by atoms with Crippen molar-refractivity contribution in [2.45, 2.75) is 12.8 Å². The van der Waals surface area contributed by atoms with Crippen LogP contribution in [0.3, 0.4) is 0 Å². The van der Waals surface area contributed by atoms with E-state index in [0.717, 1.165) is 25.1 Å². The van der Waals surface area contributed by atoms with Crippen molar-refractivity contribution in [3.8, 4) is 0 Å². The summed E-state index contributed by atoms with van der Waals surface area (Å²) in [5.74, 6) is 0. The molecule has 0 atom stereocenters. The third-order valence-electron chi connectivity index (χ3n) is 2.78. The molecule has 0 spiro atoms. The number of benzene rings is 1. The molecule has 0 bridgehead atoms. The van der Waals surface area contributed by atoms with Crippen LogP contribution in [-0.4, -0.2) is 16.6 Å². The fourth-order valence-corrected chi connectivity index (χ4v) is 2.16. The zero-order valence-corrected chi connectivity index (χ0v) is 12.5. The van der Waals surface area contributed by atoms with Gasteiger partial charge in [-0.05, 0) is 42.8 Å². The molecule has 2 aromatic rings. The number of aromatic nitrogens is 1. The van der Waals surface area contributed by atoms with Crippen LogP contribution in [-0.2, 0) is 6.42 Å². The first kappa shape index (κ1) is 14.8. The first-order valence-electron chi connectivity index (χ1n) is 6.45. The van der Waals surface area contributed by atoms with Gasteiger partial charge < -0.3 is 10.6 Å². The molecule has 3 nitrogen and oxygen atoms in total. The zero-order valence-electron chi connectivity index (χ0n) is 11.0. The topological polar surface area (TPSA) is 37.0 Å². The molecule has 0 saturated carbocycles. The summed E-state index contributed by atoms with van der Waals surface area (Å²) in [4.78, 5) is 3.98. The minimum Gasteiger partial charge on any atom is -0.362 e. The molecular weight excluding hydrogens is 290 g/mol. The molecule has 2 rings (SSSR count). The van der Waals surface area contributed by atoms with Crippen molar-refractivity contribution in [2.24, 2.45) is 0 Å². The van der Waals surface area contributed by atoms with Crippen LogP contribution in [0.1, 0.15) is 12.0 Å². The Morgan fingerprint density at radius 3 is 2.70 bits per heavy atom. The van der Waals surface area contributed by atoms with Gasteiger partial charge in [0.2, 0.25) is 0 Å². The van der Waals surface area contributed by atoms with Crippen LogP contribution >= 0.6 is 23.8 Å². The van der Waals surface area contributed by atoms with E-state index in [9.17, 15) is 0 Å². The van der Waals surface area contributed by atoms with E-state index < -0.39 is 0 Å². The summed E-state index contributed by atoms with van der Waals surface area (Å²) >= 11 is 11.2. The van der Waals surface area contributed by atoms with Gasteiger partial charge in [0.25, 0.3) is 0 Å². The molecule has 1 heterocycles. The summed E-state index contributed by atoms with van der Waals surface area (Å²) in [6.07, 6.45) is 3.69. The fourth-order valence-electron chi connectivity index (χ4n) is 1.78. The van der Waals surface area contributed by atoms with Crippen LogP contribution in [0.2, 0.25) is 5.15 Å². The van der Waals surface area contributed by atoms with E-state index in [2.05, 4.69) is 39.9 Å². The quantitative estimate of drug-likeness (QED) is 0.502. The van der Waals surface area contributed by atoms with Crippen LogP contribution in [0.4, 0.5) is 5.69 Å². The molecule has 0 unspecified atom stereocenters. The first-order valence-corrected chi connectivity index (χ1v) is 7.23. The minimum absolute atomic E-state index is 0.418. The lowest BCUT2D eigenvalue weighted by atomic mass is 10.1. The summed E-state index contributed by atoms with van der Waals surface area (Å²) < 4.78 is 0. The summed E-state index contributed by atoms with van der Waals surface area (Å²) in [7, 11) is 0. The molecule has 104 valence electrons. The molecule has 0 aliphatic carbocycles. The molecule has 0 aliphatic heterocycles. The number of hydrogen-bond acceptors (Lipinski definition) is 2. The Kier molecular flexibility index (Phi) is 5.77. The Labute approximate surface area is 129 Å². The maximum absolute atomic E-state index is 5.95. The molecule has 0 saturated heterocycles. The summed E-state index contributed by atoms with van der Waals surface area (Å²) in [6, 6.07) is 14.1. The monoisotopic (exact) mass is 305 g/mol. The minimum atomic E-state index is 0.418. The molecule has 20 heavy (non-hydrogen) atoms. The van der Waals surface area contributed by atoms with Crippen LogP contribution in [0, 0.1) is 0 Å². The lowest BCUT2D eigenvalue weighted by Crippen LogP contribution is -2.29. The highest BCUT2D eigenvalue weighted by Crippen LogP contribution is 2.16. The van der Waals surface area contributed by atoms with Gasteiger partial charge >= 0.3 is 0 Å². The highest BCUT2D eigenvalue weighted by molar-refractivity contribution is 7.80. The van der Waals surface area contributed by atoms with Gasteiger partial charge in [0.1, 0.15) is 0 Å². The second-order valence-electron chi connectivity index (χ2n) is 4.31. The smallest absolute Gasteiger partial charge is 0.170 e. The fraction of sp³-hybridized carbons (Fsp3) is 0.200. The van der Waals surface area contributed by atoms with E-state index in [1.807, 2.05) is 18.2 Å². The van der Waals surface area contributed by atoms with Crippen molar-refractivity contribution in [3.63, 3.8) is 0 Å². The number of rotatable bonds is 5. The van der Waals surface area contributed by atoms with Crippen LogP contribution in [0.25, 0.3) is 0 Å². The van der Waals surface area contributed by atoms with E-state index in [1.54, 1.807) is 6.20 Å². The number of nitrogens with zero attached hydrogens (tertiary/aromatic N) is 1. The Morgan fingerprint density at radius 1 is 1.15 bits per heavy atom. The zero-order chi connectivity index (χ0) is 14.2. The highest BCUT2D eigenvalue weighted by Gasteiger charge is 2.02. The van der Waals surface area contributed by atoms with Crippen molar-refractivity contribution in [3.05, 3.63) is 59.4 Å². The molecule has 0 radical (unpaired) electrons. The van der Waals surface area contributed by atoms with Gasteiger partial charge in [-0.2, -0.15) is 0 Å². The number of aryl methyl sites for hydroxylation is 1. The van der Waals surface area contributed by atoms with Gasteiger partial charge in [-0.15, -0.1) is 0 Å². The van der Waals surface area contributed by atoms with Gasteiger partial charge in [-0.1, -0.05) is 41.9 Å². The predicted octanol–water partition coefficient (Wildman–Crippen LogP) is 3.65. The van der Waals surface area contributed by atoms with E-state index in [0.29, 0.717) is 10.3 Å². The van der Waals surface area contributed by atoms with Crippen LogP contribution in [0.5, 0.6) is 0 Å². The molecule has 1 aromatic heterocycles. The molecule has 2 N–H and O–H groups in total. The summed E-state index contributed by atoms with van der Waals surface area (Å²) in [5.41, 5.74) is 2.05. The van der Waals surface area contributed by atoms with E-state index in [4.69, 9.17) is 23.8 Å². The van der Waals surface area contributed by atoms with E-state index in [1.165, 1.54) is 5.56 Å². The molecule has 0 amide bonds. The van der Waals surface area contributed by atoms with Gasteiger partial charge in [-0.25, -0.2) is 4.98 Å². The van der Waals surface area contributed by atoms with Crippen molar-refractivity contribution in [2.75, 3.05) is 11.9 Å². The van der Waals surface area contributed by atoms with E-state index in [-0.39, 0.29) is 0 Å². The van der Waals surface area contributed by atoms with Crippen LogP contribution in [0.15, 0.2) is 48.7 Å². The van der Waals surface area contributed by atoms with Gasteiger partial charge in [-0.3, -0.25) is 0 Å². The lowest BCUT2D eigenvalue weighted by molar-refractivity contribution is 0.777. The number of hydrogen-bond donors (Lipinski definition) is 2. The lowest BCUT2D eigenvalue weighted by Gasteiger charge is -2.11. The standard InChI is InChI=1S/C15H16ClN3S/c16-14-13(9-5-10-17-14)19-15(20)18-11-4-8-12-6-2-1-3-7-12/h1-3,5-7,9-10H,4,8,11H2,(H2,18,19,20). The molecule has 5 heteroatoms. The van der Waals surface area contributed by atoms with Gasteiger partial charge in [0, 0.05) is 12.7 Å². The SMILES string of the molecule is S=C(NCCCc1ccccc1)Nc1cccnc1Cl. The Morgan fingerprint density at radius 2 is 1.95 bits per heavy atom. The Balaban J connectivity index is 1.69. The number of pyridine rings is 1. The average Bonchev–Trinajstić information content (AvgIpc) is 2.47. The molecule has 1 aromatic carbocycles. The summed E-state index contributed by atoms with van der Waals surface area (Å²) in [6.45, 7) is 0.818. The van der Waals surface area contributed by atoms with Crippen molar-refractivity contribution in [1.82, 2.24) is 10.3 Å². The number of anilines is 1. The van der Waals surface area contributed by atoms with Gasteiger partial charge in [0.05, 0.1) is 5.69 Å². The average molecular weight is 306 g/mol. The van der Waals surface area contributed by atoms with Crippen LogP contribution < -0.4 is 10.6 Å².